The number of thiocarbonyl (C=S) groups is 1. The molecule has 0 bridgehead atoms. The van der Waals surface area contributed by atoms with Crippen molar-refractivity contribution < 1.29 is 9.59 Å². The lowest BCUT2D eigenvalue weighted by Crippen LogP contribution is -2.31. The van der Waals surface area contributed by atoms with Crippen LogP contribution in [0, 0.1) is 6.92 Å². The molecule has 1 unspecified atom stereocenters. The van der Waals surface area contributed by atoms with Crippen LogP contribution in [0.25, 0.3) is 0 Å². The Labute approximate surface area is 150 Å². The maximum atomic E-state index is 12.6. The number of para-hydroxylation sites is 1. The summed E-state index contributed by atoms with van der Waals surface area (Å²) in [5, 5.41) is 2.59. The van der Waals surface area contributed by atoms with Crippen LogP contribution >= 0.6 is 24.0 Å². The van der Waals surface area contributed by atoms with Gasteiger partial charge in [0.2, 0.25) is 11.8 Å². The zero-order valence-corrected chi connectivity index (χ0v) is 14.7. The Bertz CT molecular complexity index is 775. The number of nitrogens with one attached hydrogen (secondary N) is 1. The van der Waals surface area contributed by atoms with Crippen LogP contribution in [-0.2, 0) is 9.59 Å². The molecule has 0 aromatic heterocycles. The van der Waals surface area contributed by atoms with Gasteiger partial charge in [-0.05, 0) is 31.2 Å². The molecule has 3 rings (SSSR count). The van der Waals surface area contributed by atoms with Crippen LogP contribution in [0.1, 0.15) is 12.0 Å². The van der Waals surface area contributed by atoms with Crippen LogP contribution in [0.4, 0.5) is 11.4 Å². The third kappa shape index (κ3) is 3.66. The lowest BCUT2D eigenvalue weighted by atomic mass is 10.2. The second kappa shape index (κ2) is 7.15. The van der Waals surface area contributed by atoms with E-state index in [1.807, 2.05) is 49.4 Å². The van der Waals surface area contributed by atoms with Gasteiger partial charge in [0.1, 0.15) is 9.57 Å². The molecule has 2 aromatic carbocycles. The minimum atomic E-state index is -0.484. The summed E-state index contributed by atoms with van der Waals surface area (Å²) in [5.41, 5.74) is 2.56. The average Bonchev–Trinajstić information content (AvgIpc) is 2.83. The van der Waals surface area contributed by atoms with Gasteiger partial charge in [0.25, 0.3) is 0 Å². The van der Waals surface area contributed by atoms with E-state index in [2.05, 4.69) is 5.32 Å². The van der Waals surface area contributed by atoms with Crippen molar-refractivity contribution in [3.63, 3.8) is 0 Å². The lowest BCUT2D eigenvalue weighted by molar-refractivity contribution is -0.121. The van der Waals surface area contributed by atoms with Gasteiger partial charge in [-0.25, -0.2) is 4.90 Å². The van der Waals surface area contributed by atoms with Crippen molar-refractivity contribution in [1.29, 1.82) is 0 Å². The van der Waals surface area contributed by atoms with Crippen molar-refractivity contribution in [1.82, 2.24) is 0 Å². The van der Waals surface area contributed by atoms with Gasteiger partial charge in [-0.1, -0.05) is 59.9 Å². The maximum absolute atomic E-state index is 12.6. The molecule has 1 aliphatic rings. The van der Waals surface area contributed by atoms with Gasteiger partial charge in [-0.15, -0.1) is 0 Å². The van der Waals surface area contributed by atoms with Crippen molar-refractivity contribution in [2.75, 3.05) is 10.2 Å². The fourth-order valence-electron chi connectivity index (χ4n) is 2.46. The van der Waals surface area contributed by atoms with Crippen LogP contribution in [0.3, 0.4) is 0 Å². The number of rotatable bonds is 3. The topological polar surface area (TPSA) is 49.4 Å². The highest BCUT2D eigenvalue weighted by atomic mass is 32.2. The Hall–Kier alpha value is -2.18. The van der Waals surface area contributed by atoms with Crippen molar-refractivity contribution in [2.45, 2.75) is 18.6 Å². The van der Waals surface area contributed by atoms with Gasteiger partial charge in [-0.2, -0.15) is 0 Å². The summed E-state index contributed by atoms with van der Waals surface area (Å²) in [6.07, 6.45) is 0.161. The second-order valence-corrected chi connectivity index (χ2v) is 7.37. The van der Waals surface area contributed by atoms with Crippen LogP contribution in [0.15, 0.2) is 54.6 Å². The molecule has 24 heavy (non-hydrogen) atoms. The fourth-order valence-corrected chi connectivity index (χ4v) is 3.79. The predicted molar refractivity (Wildman–Crippen MR) is 102 cm³/mol. The molecule has 1 N–H and O–H groups in total. The summed E-state index contributed by atoms with van der Waals surface area (Å²) in [6, 6.07) is 16.9. The average molecular weight is 356 g/mol. The summed E-state index contributed by atoms with van der Waals surface area (Å²) in [7, 11) is 0. The molecule has 0 aliphatic carbocycles. The van der Waals surface area contributed by atoms with E-state index in [4.69, 9.17) is 12.2 Å². The first-order chi connectivity index (χ1) is 11.5. The van der Waals surface area contributed by atoms with Gasteiger partial charge >= 0.3 is 0 Å². The minimum Gasteiger partial charge on any atom is -0.341 e. The van der Waals surface area contributed by atoms with Crippen LogP contribution in [-0.4, -0.2) is 21.4 Å². The van der Waals surface area contributed by atoms with E-state index in [-0.39, 0.29) is 18.2 Å². The van der Waals surface area contributed by atoms with E-state index >= 15 is 0 Å². The van der Waals surface area contributed by atoms with E-state index in [0.717, 1.165) is 11.3 Å². The Balaban J connectivity index is 1.67. The molecule has 1 heterocycles. The zero-order chi connectivity index (χ0) is 17.1. The van der Waals surface area contributed by atoms with E-state index in [1.165, 1.54) is 16.7 Å². The molecule has 2 amide bonds. The number of nitrogens with zero attached hydrogens (tertiary/aromatic N) is 1. The molecule has 122 valence electrons. The highest BCUT2D eigenvalue weighted by Crippen LogP contribution is 2.30. The Kier molecular flexibility index (Phi) is 4.97. The van der Waals surface area contributed by atoms with Gasteiger partial charge in [0.15, 0.2) is 0 Å². The van der Waals surface area contributed by atoms with Gasteiger partial charge in [0.05, 0.1) is 5.69 Å². The molecule has 1 fully saturated rings. The molecule has 4 nitrogen and oxygen atoms in total. The largest absolute Gasteiger partial charge is 0.341 e. The molecule has 0 radical (unpaired) electrons. The molecular weight excluding hydrogens is 340 g/mol. The number of aryl methyl sites for hydroxylation is 1. The highest BCUT2D eigenvalue weighted by molar-refractivity contribution is 8.24. The number of hydrogen-bond acceptors (Lipinski definition) is 4. The summed E-state index contributed by atoms with van der Waals surface area (Å²) in [6.45, 7) is 1.96. The standard InChI is InChI=1S/C18H16N2O2S2/c1-12-7-9-14(10-8-12)20-16(21)11-15(17(20)22)24-18(23)19-13-5-3-2-4-6-13/h2-10,15H,11H2,1H3,(H,19,23). The number of anilines is 2. The van der Waals surface area contributed by atoms with Crippen molar-refractivity contribution >= 4 is 51.5 Å². The molecule has 1 saturated heterocycles. The monoisotopic (exact) mass is 356 g/mol. The third-order valence-electron chi connectivity index (χ3n) is 3.67. The highest BCUT2D eigenvalue weighted by Gasteiger charge is 2.40. The molecule has 2 aromatic rings. The number of carbonyl (C=O) groups is 2. The van der Waals surface area contributed by atoms with E-state index in [9.17, 15) is 9.59 Å². The van der Waals surface area contributed by atoms with E-state index in [1.54, 1.807) is 12.1 Å². The Morgan fingerprint density at radius 1 is 1.12 bits per heavy atom. The summed E-state index contributed by atoms with van der Waals surface area (Å²) in [5.74, 6) is -0.407. The summed E-state index contributed by atoms with van der Waals surface area (Å²) >= 11 is 6.53. The smallest absolute Gasteiger partial charge is 0.247 e. The van der Waals surface area contributed by atoms with Gasteiger partial charge in [-0.3, -0.25) is 9.59 Å². The number of amides is 2. The third-order valence-corrected chi connectivity index (χ3v) is 5.03. The molecule has 0 spiro atoms. The number of hydrogen-bond donors (Lipinski definition) is 1. The maximum Gasteiger partial charge on any atom is 0.247 e. The van der Waals surface area contributed by atoms with Gasteiger partial charge < -0.3 is 5.32 Å². The number of thioether (sulfide) groups is 1. The Morgan fingerprint density at radius 2 is 1.79 bits per heavy atom. The van der Waals surface area contributed by atoms with Gasteiger partial charge in [0, 0.05) is 12.1 Å². The Morgan fingerprint density at radius 3 is 2.46 bits per heavy atom. The first kappa shape index (κ1) is 16.7. The number of carbonyl (C=O) groups excluding carboxylic acids is 2. The summed E-state index contributed by atoms with van der Waals surface area (Å²) in [4.78, 5) is 26.1. The van der Waals surface area contributed by atoms with Crippen molar-refractivity contribution in [3.8, 4) is 0 Å². The van der Waals surface area contributed by atoms with Crippen molar-refractivity contribution in [3.05, 3.63) is 60.2 Å². The fraction of sp³-hybridized carbons (Fsp3) is 0.167. The summed E-state index contributed by atoms with van der Waals surface area (Å²) < 4.78 is 0.484. The van der Waals surface area contributed by atoms with Crippen LogP contribution in [0.2, 0.25) is 0 Å². The molecule has 6 heteroatoms. The lowest BCUT2D eigenvalue weighted by Gasteiger charge is -2.15. The first-order valence-electron chi connectivity index (χ1n) is 7.51. The van der Waals surface area contributed by atoms with Crippen molar-refractivity contribution in [2.24, 2.45) is 0 Å². The molecule has 0 saturated carbocycles. The van der Waals surface area contributed by atoms with E-state index < -0.39 is 5.25 Å². The SMILES string of the molecule is Cc1ccc(N2C(=O)CC(SC(=S)Nc3ccccc3)C2=O)cc1. The number of imide groups is 1. The van der Waals surface area contributed by atoms with Crippen LogP contribution < -0.4 is 10.2 Å². The predicted octanol–water partition coefficient (Wildman–Crippen LogP) is 3.76. The first-order valence-corrected chi connectivity index (χ1v) is 8.79. The zero-order valence-electron chi connectivity index (χ0n) is 13.1. The molecule has 1 aliphatic heterocycles. The second-order valence-electron chi connectivity index (χ2n) is 5.49. The molecule has 1 atom stereocenters. The number of benzene rings is 2. The van der Waals surface area contributed by atoms with Crippen LogP contribution in [0.5, 0.6) is 0 Å². The quantitative estimate of drug-likeness (QED) is 0.670. The minimum absolute atomic E-state index is 0.161. The van der Waals surface area contributed by atoms with E-state index in [0.29, 0.717) is 10.0 Å². The molecular formula is C18H16N2O2S2. The normalized spacial score (nSPS) is 17.2.